The minimum Gasteiger partial charge on any atom is -0.442 e. The lowest BCUT2D eigenvalue weighted by Crippen LogP contribution is -2.24. The van der Waals surface area contributed by atoms with E-state index in [9.17, 15) is 0 Å². The molecule has 0 atom stereocenters. The Morgan fingerprint density at radius 1 is 0.905 bits per heavy atom. The molecule has 0 unspecified atom stereocenters. The Kier molecular flexibility index (Phi) is 3.38. The van der Waals surface area contributed by atoms with Crippen molar-refractivity contribution in [1.29, 1.82) is 0 Å². The molecule has 0 amide bonds. The molecule has 3 rings (SSSR count). The molecule has 2 nitrogen and oxygen atoms in total. The van der Waals surface area contributed by atoms with Crippen molar-refractivity contribution in [3.8, 4) is 0 Å². The van der Waals surface area contributed by atoms with Crippen LogP contribution in [0.4, 0.5) is 5.69 Å². The SMILES string of the molecule is CC(C)(C)C1=Nc2ccccc2/C(=C/c2ccccc2)O1. The van der Waals surface area contributed by atoms with Crippen molar-refractivity contribution in [3.63, 3.8) is 0 Å². The second-order valence-corrected chi connectivity index (χ2v) is 6.21. The van der Waals surface area contributed by atoms with Gasteiger partial charge in [0.25, 0.3) is 0 Å². The van der Waals surface area contributed by atoms with Crippen molar-refractivity contribution < 1.29 is 4.74 Å². The Labute approximate surface area is 125 Å². The zero-order valence-corrected chi connectivity index (χ0v) is 12.6. The summed E-state index contributed by atoms with van der Waals surface area (Å²) in [7, 11) is 0. The van der Waals surface area contributed by atoms with Gasteiger partial charge >= 0.3 is 0 Å². The summed E-state index contributed by atoms with van der Waals surface area (Å²) in [6, 6.07) is 18.3. The second-order valence-electron chi connectivity index (χ2n) is 6.21. The molecule has 0 aliphatic carbocycles. The van der Waals surface area contributed by atoms with Crippen LogP contribution in [0.5, 0.6) is 0 Å². The molecule has 0 N–H and O–H groups in total. The molecule has 21 heavy (non-hydrogen) atoms. The zero-order valence-electron chi connectivity index (χ0n) is 12.6. The van der Waals surface area contributed by atoms with E-state index in [2.05, 4.69) is 44.0 Å². The number of benzene rings is 2. The van der Waals surface area contributed by atoms with Gasteiger partial charge in [0.05, 0.1) is 5.69 Å². The van der Waals surface area contributed by atoms with Gasteiger partial charge in [-0.25, -0.2) is 4.99 Å². The molecular weight excluding hydrogens is 258 g/mol. The molecule has 1 aliphatic rings. The fourth-order valence-electron chi connectivity index (χ4n) is 2.20. The van der Waals surface area contributed by atoms with Crippen LogP contribution in [0, 0.1) is 5.41 Å². The van der Waals surface area contributed by atoms with E-state index in [0.29, 0.717) is 0 Å². The van der Waals surface area contributed by atoms with Crippen LogP contribution >= 0.6 is 0 Å². The molecule has 2 heteroatoms. The third-order valence-corrected chi connectivity index (χ3v) is 3.34. The van der Waals surface area contributed by atoms with Gasteiger partial charge < -0.3 is 4.74 Å². The maximum Gasteiger partial charge on any atom is 0.200 e. The predicted octanol–water partition coefficient (Wildman–Crippen LogP) is 5.29. The van der Waals surface area contributed by atoms with Crippen molar-refractivity contribution >= 4 is 23.4 Å². The van der Waals surface area contributed by atoms with Crippen molar-refractivity contribution in [2.45, 2.75) is 20.8 Å². The first-order valence-corrected chi connectivity index (χ1v) is 7.17. The molecule has 0 radical (unpaired) electrons. The van der Waals surface area contributed by atoms with E-state index in [1.807, 2.05) is 42.5 Å². The average Bonchev–Trinajstić information content (AvgIpc) is 2.47. The minimum absolute atomic E-state index is 0.122. The van der Waals surface area contributed by atoms with E-state index in [0.717, 1.165) is 28.5 Å². The number of nitrogens with zero attached hydrogens (tertiary/aromatic N) is 1. The predicted molar refractivity (Wildman–Crippen MR) is 88.4 cm³/mol. The standard InChI is InChI=1S/C19H19NO/c1-19(2,3)18-20-16-12-8-7-11-15(16)17(21-18)13-14-9-5-4-6-10-14/h4-13H,1-3H3/b17-13-. The van der Waals surface area contributed by atoms with Gasteiger partial charge in [0.1, 0.15) is 5.76 Å². The monoisotopic (exact) mass is 277 g/mol. The first-order valence-electron chi connectivity index (χ1n) is 7.17. The molecule has 2 aromatic carbocycles. The molecule has 0 saturated carbocycles. The zero-order chi connectivity index (χ0) is 14.9. The van der Waals surface area contributed by atoms with Crippen molar-refractivity contribution in [2.75, 3.05) is 0 Å². The molecule has 0 bridgehead atoms. The van der Waals surface area contributed by atoms with Gasteiger partial charge in [-0.15, -0.1) is 0 Å². The highest BCUT2D eigenvalue weighted by Gasteiger charge is 2.27. The lowest BCUT2D eigenvalue weighted by Gasteiger charge is -2.27. The fourth-order valence-corrected chi connectivity index (χ4v) is 2.20. The van der Waals surface area contributed by atoms with Crippen LogP contribution in [0.3, 0.4) is 0 Å². The summed E-state index contributed by atoms with van der Waals surface area (Å²) in [5.74, 6) is 1.61. The molecule has 0 spiro atoms. The summed E-state index contributed by atoms with van der Waals surface area (Å²) >= 11 is 0. The van der Waals surface area contributed by atoms with E-state index in [4.69, 9.17) is 4.74 Å². The van der Waals surface area contributed by atoms with Crippen LogP contribution < -0.4 is 0 Å². The lowest BCUT2D eigenvalue weighted by molar-refractivity contribution is 0.404. The van der Waals surface area contributed by atoms with Crippen LogP contribution in [0.15, 0.2) is 59.6 Å². The maximum atomic E-state index is 6.09. The highest BCUT2D eigenvalue weighted by atomic mass is 16.5. The summed E-state index contributed by atoms with van der Waals surface area (Å²) < 4.78 is 6.09. The molecule has 106 valence electrons. The quantitative estimate of drug-likeness (QED) is 0.694. The van der Waals surface area contributed by atoms with Crippen LogP contribution in [-0.2, 0) is 4.74 Å². The Morgan fingerprint density at radius 2 is 1.57 bits per heavy atom. The summed E-state index contributed by atoms with van der Waals surface area (Å²) in [5.41, 5.74) is 3.01. The first-order chi connectivity index (χ1) is 10.0. The largest absolute Gasteiger partial charge is 0.442 e. The number of hydrogen-bond donors (Lipinski definition) is 0. The number of para-hydroxylation sites is 1. The Balaban J connectivity index is 2.10. The molecule has 1 aliphatic heterocycles. The van der Waals surface area contributed by atoms with Crippen molar-refractivity contribution in [3.05, 3.63) is 65.7 Å². The highest BCUT2D eigenvalue weighted by Crippen LogP contribution is 2.36. The third-order valence-electron chi connectivity index (χ3n) is 3.34. The number of aliphatic imine (C=N–C) groups is 1. The smallest absolute Gasteiger partial charge is 0.200 e. The van der Waals surface area contributed by atoms with Gasteiger partial charge in [-0.05, 0) is 23.8 Å². The summed E-state index contributed by atoms with van der Waals surface area (Å²) in [6.45, 7) is 6.33. The van der Waals surface area contributed by atoms with Gasteiger partial charge in [-0.2, -0.15) is 0 Å². The number of fused-ring (bicyclic) bond motifs is 1. The summed E-state index contributed by atoms with van der Waals surface area (Å²) in [6.07, 6.45) is 2.07. The summed E-state index contributed by atoms with van der Waals surface area (Å²) in [4.78, 5) is 4.66. The Bertz CT molecular complexity index is 706. The van der Waals surface area contributed by atoms with Gasteiger partial charge in [-0.1, -0.05) is 63.2 Å². The van der Waals surface area contributed by atoms with Crippen LogP contribution in [0.2, 0.25) is 0 Å². The van der Waals surface area contributed by atoms with Crippen LogP contribution in [0.1, 0.15) is 31.9 Å². The normalized spacial score (nSPS) is 16.1. The minimum atomic E-state index is -0.122. The molecular formula is C19H19NO. The van der Waals surface area contributed by atoms with E-state index in [1.165, 1.54) is 0 Å². The maximum absolute atomic E-state index is 6.09. The highest BCUT2D eigenvalue weighted by molar-refractivity contribution is 5.97. The van der Waals surface area contributed by atoms with Crippen molar-refractivity contribution in [1.82, 2.24) is 0 Å². The second kappa shape index (κ2) is 5.21. The molecule has 0 saturated heterocycles. The van der Waals surface area contributed by atoms with E-state index in [-0.39, 0.29) is 5.41 Å². The van der Waals surface area contributed by atoms with E-state index >= 15 is 0 Å². The number of rotatable bonds is 1. The van der Waals surface area contributed by atoms with Gasteiger partial charge in [0, 0.05) is 11.0 Å². The number of ether oxygens (including phenoxy) is 1. The van der Waals surface area contributed by atoms with Crippen LogP contribution in [0.25, 0.3) is 11.8 Å². The first kappa shape index (κ1) is 13.6. The van der Waals surface area contributed by atoms with Gasteiger partial charge in [0.15, 0.2) is 0 Å². The van der Waals surface area contributed by atoms with Gasteiger partial charge in [-0.3, -0.25) is 0 Å². The fraction of sp³-hybridized carbons (Fsp3) is 0.211. The van der Waals surface area contributed by atoms with E-state index < -0.39 is 0 Å². The van der Waals surface area contributed by atoms with Crippen LogP contribution in [-0.4, -0.2) is 5.90 Å². The Morgan fingerprint density at radius 3 is 2.29 bits per heavy atom. The molecule has 1 heterocycles. The lowest BCUT2D eigenvalue weighted by atomic mass is 9.95. The molecule has 0 aromatic heterocycles. The van der Waals surface area contributed by atoms with E-state index in [1.54, 1.807) is 0 Å². The topological polar surface area (TPSA) is 21.6 Å². The molecule has 0 fully saturated rings. The molecule has 2 aromatic rings. The van der Waals surface area contributed by atoms with Crippen molar-refractivity contribution in [2.24, 2.45) is 10.4 Å². The average molecular weight is 277 g/mol. The third kappa shape index (κ3) is 2.89. The summed E-state index contributed by atoms with van der Waals surface area (Å²) in [5, 5.41) is 0. The number of hydrogen-bond acceptors (Lipinski definition) is 2. The van der Waals surface area contributed by atoms with Gasteiger partial charge in [0.2, 0.25) is 5.90 Å². The Hall–Kier alpha value is -2.35.